The first-order valence-electron chi connectivity index (χ1n) is 10.1. The Bertz CT molecular complexity index is 1070. The first-order chi connectivity index (χ1) is 15.2. The Morgan fingerprint density at radius 2 is 2.03 bits per heavy atom. The predicted octanol–water partition coefficient (Wildman–Crippen LogP) is 4.05. The van der Waals surface area contributed by atoms with Gasteiger partial charge in [-0.3, -0.25) is 0 Å². The fourth-order valence-corrected chi connectivity index (χ4v) is 3.75. The van der Waals surface area contributed by atoms with Gasteiger partial charge in [0.1, 0.15) is 23.6 Å². The monoisotopic (exact) mass is 456 g/mol. The molecule has 4 heterocycles. The molecule has 3 aromatic rings. The molecule has 0 spiro atoms. The first-order valence-corrected chi connectivity index (χ1v) is 10.1. The van der Waals surface area contributed by atoms with Gasteiger partial charge in [0, 0.05) is 25.2 Å². The quantitative estimate of drug-likeness (QED) is 0.522. The number of nitrogens with zero attached hydrogens (tertiary/aromatic N) is 6. The van der Waals surface area contributed by atoms with Crippen LogP contribution in [0, 0.1) is 11.8 Å². The second-order valence-electron chi connectivity index (χ2n) is 7.79. The lowest BCUT2D eigenvalue weighted by atomic mass is 9.87. The standard InChI is InChI=1S/C20H21F5N6O/c1-12-4-6-30(17-8-27-14-7-28-31(10-16(21)22)19(14)29-17)9-13(12)11-32-15-3-2-5-26-18(15)20(23,24)25/h2-3,5,7-8,12-13,16H,4,6,9-11H2,1H3/t12-,13+/m1/s1. The SMILES string of the molecule is C[C@@H]1CCN(c2cnc3cnn(CC(F)F)c3n2)C[C@H]1COc1cccnc1C(F)(F)F. The topological polar surface area (TPSA) is 69.0 Å². The third kappa shape index (κ3) is 4.73. The van der Waals surface area contributed by atoms with Gasteiger partial charge < -0.3 is 9.64 Å². The van der Waals surface area contributed by atoms with Crippen LogP contribution in [-0.4, -0.2) is 50.9 Å². The number of hydrogen-bond acceptors (Lipinski definition) is 6. The summed E-state index contributed by atoms with van der Waals surface area (Å²) in [5.74, 6) is 0.330. The summed E-state index contributed by atoms with van der Waals surface area (Å²) in [6, 6.07) is 2.65. The summed E-state index contributed by atoms with van der Waals surface area (Å²) in [6.45, 7) is 2.65. The molecule has 1 aliphatic heterocycles. The van der Waals surface area contributed by atoms with Crippen LogP contribution in [0.5, 0.6) is 5.75 Å². The van der Waals surface area contributed by atoms with Crippen molar-refractivity contribution < 1.29 is 26.7 Å². The third-order valence-corrected chi connectivity index (χ3v) is 5.57. The molecule has 0 saturated carbocycles. The van der Waals surface area contributed by atoms with Crippen LogP contribution in [0.2, 0.25) is 0 Å². The van der Waals surface area contributed by atoms with Gasteiger partial charge in [-0.2, -0.15) is 18.3 Å². The van der Waals surface area contributed by atoms with Crippen LogP contribution in [-0.2, 0) is 12.7 Å². The number of ether oxygens (including phenoxy) is 1. The van der Waals surface area contributed by atoms with Crippen LogP contribution >= 0.6 is 0 Å². The predicted molar refractivity (Wildman–Crippen MR) is 106 cm³/mol. The number of fused-ring (bicyclic) bond motifs is 1. The van der Waals surface area contributed by atoms with E-state index in [-0.39, 0.29) is 29.8 Å². The Hall–Kier alpha value is -3.05. The number of rotatable bonds is 6. The molecule has 12 heteroatoms. The zero-order valence-corrected chi connectivity index (χ0v) is 17.1. The Balaban J connectivity index is 1.49. The van der Waals surface area contributed by atoms with Crippen molar-refractivity contribution in [3.63, 3.8) is 0 Å². The molecule has 1 saturated heterocycles. The summed E-state index contributed by atoms with van der Waals surface area (Å²) in [5, 5.41) is 3.92. The molecule has 7 nitrogen and oxygen atoms in total. The van der Waals surface area contributed by atoms with E-state index in [0.717, 1.165) is 17.3 Å². The highest BCUT2D eigenvalue weighted by Gasteiger charge is 2.37. The van der Waals surface area contributed by atoms with Gasteiger partial charge in [0.15, 0.2) is 11.3 Å². The lowest BCUT2D eigenvalue weighted by Crippen LogP contribution is -2.42. The summed E-state index contributed by atoms with van der Waals surface area (Å²) in [7, 11) is 0. The van der Waals surface area contributed by atoms with Gasteiger partial charge in [-0.25, -0.2) is 28.4 Å². The van der Waals surface area contributed by atoms with Crippen molar-refractivity contribution in [3.8, 4) is 5.75 Å². The van der Waals surface area contributed by atoms with Gasteiger partial charge in [-0.1, -0.05) is 6.92 Å². The number of pyridine rings is 1. The third-order valence-electron chi connectivity index (χ3n) is 5.57. The van der Waals surface area contributed by atoms with Crippen molar-refractivity contribution in [3.05, 3.63) is 36.4 Å². The van der Waals surface area contributed by atoms with Crippen LogP contribution in [0.4, 0.5) is 27.8 Å². The van der Waals surface area contributed by atoms with E-state index in [4.69, 9.17) is 4.74 Å². The molecule has 0 aliphatic carbocycles. The van der Waals surface area contributed by atoms with Crippen molar-refractivity contribution in [2.75, 3.05) is 24.6 Å². The lowest BCUT2D eigenvalue weighted by Gasteiger charge is -2.37. The Morgan fingerprint density at radius 3 is 2.78 bits per heavy atom. The molecule has 0 amide bonds. The van der Waals surface area contributed by atoms with Gasteiger partial charge in [-0.05, 0) is 24.5 Å². The highest BCUT2D eigenvalue weighted by molar-refractivity contribution is 5.71. The van der Waals surface area contributed by atoms with Gasteiger partial charge in [0.2, 0.25) is 0 Å². The molecule has 3 aromatic heterocycles. The minimum atomic E-state index is -4.60. The molecule has 172 valence electrons. The van der Waals surface area contributed by atoms with Crippen LogP contribution in [0.15, 0.2) is 30.7 Å². The Morgan fingerprint density at radius 1 is 1.22 bits per heavy atom. The van der Waals surface area contributed by atoms with Gasteiger partial charge in [0.25, 0.3) is 6.43 Å². The van der Waals surface area contributed by atoms with Crippen molar-refractivity contribution in [1.82, 2.24) is 24.7 Å². The molecule has 32 heavy (non-hydrogen) atoms. The summed E-state index contributed by atoms with van der Waals surface area (Å²) in [6.07, 6.45) is -2.40. The van der Waals surface area contributed by atoms with E-state index in [2.05, 4.69) is 20.1 Å². The molecule has 4 rings (SSSR count). The molecule has 0 N–H and O–H groups in total. The molecule has 1 fully saturated rings. The van der Waals surface area contributed by atoms with Crippen LogP contribution in [0.1, 0.15) is 19.0 Å². The van der Waals surface area contributed by atoms with Crippen molar-refractivity contribution in [1.29, 1.82) is 0 Å². The summed E-state index contributed by atoms with van der Waals surface area (Å²) < 4.78 is 71.7. The fraction of sp³-hybridized carbons (Fsp3) is 0.500. The van der Waals surface area contributed by atoms with Crippen molar-refractivity contribution in [2.45, 2.75) is 32.5 Å². The zero-order chi connectivity index (χ0) is 22.9. The second-order valence-corrected chi connectivity index (χ2v) is 7.79. The molecular formula is C20H21F5N6O. The molecule has 1 aliphatic rings. The van der Waals surface area contributed by atoms with Crippen molar-refractivity contribution >= 4 is 17.0 Å². The number of anilines is 1. The smallest absolute Gasteiger partial charge is 0.437 e. The van der Waals surface area contributed by atoms with Gasteiger partial charge >= 0.3 is 6.18 Å². The van der Waals surface area contributed by atoms with E-state index in [1.54, 1.807) is 6.20 Å². The highest BCUT2D eigenvalue weighted by atomic mass is 19.4. The Kier molecular flexibility index (Phi) is 6.11. The van der Waals surface area contributed by atoms with E-state index in [1.165, 1.54) is 18.3 Å². The largest absolute Gasteiger partial charge is 0.491 e. The average molecular weight is 456 g/mol. The molecule has 2 atom stereocenters. The minimum Gasteiger partial charge on any atom is -0.491 e. The number of piperidine rings is 1. The van der Waals surface area contributed by atoms with Crippen LogP contribution in [0.3, 0.4) is 0 Å². The van der Waals surface area contributed by atoms with E-state index in [1.807, 2.05) is 11.8 Å². The normalized spacial score (nSPS) is 19.7. The maximum Gasteiger partial charge on any atom is 0.437 e. The maximum atomic E-state index is 13.2. The summed E-state index contributed by atoms with van der Waals surface area (Å²) in [5.41, 5.74) is -0.376. The number of halogens is 5. The molecule has 0 bridgehead atoms. The highest BCUT2D eigenvalue weighted by Crippen LogP contribution is 2.35. The number of aromatic nitrogens is 5. The van der Waals surface area contributed by atoms with Crippen molar-refractivity contribution in [2.24, 2.45) is 11.8 Å². The van der Waals surface area contributed by atoms with E-state index in [0.29, 0.717) is 24.4 Å². The van der Waals surface area contributed by atoms with Gasteiger partial charge in [0.05, 0.1) is 19.0 Å². The summed E-state index contributed by atoms with van der Waals surface area (Å²) in [4.78, 5) is 14.1. The number of hydrogen-bond donors (Lipinski definition) is 0. The second kappa shape index (κ2) is 8.83. The van der Waals surface area contributed by atoms with Gasteiger partial charge in [-0.15, -0.1) is 0 Å². The molecular weight excluding hydrogens is 435 g/mol. The minimum absolute atomic E-state index is 0.0748. The van der Waals surface area contributed by atoms with Crippen LogP contribution in [0.25, 0.3) is 11.2 Å². The average Bonchev–Trinajstić information content (AvgIpc) is 3.14. The van der Waals surface area contributed by atoms with Crippen LogP contribution < -0.4 is 9.64 Å². The van der Waals surface area contributed by atoms with E-state index in [9.17, 15) is 22.0 Å². The maximum absolute atomic E-state index is 13.2. The zero-order valence-electron chi connectivity index (χ0n) is 17.1. The fourth-order valence-electron chi connectivity index (χ4n) is 3.75. The number of alkyl halides is 5. The van der Waals surface area contributed by atoms with E-state index < -0.39 is 24.8 Å². The first kappa shape index (κ1) is 22.2. The van der Waals surface area contributed by atoms with E-state index >= 15 is 0 Å². The Labute approximate surface area is 180 Å². The summed E-state index contributed by atoms with van der Waals surface area (Å²) >= 11 is 0. The molecule has 0 unspecified atom stereocenters. The molecule has 0 aromatic carbocycles. The molecule has 0 radical (unpaired) electrons. The lowest BCUT2D eigenvalue weighted by molar-refractivity contribution is -0.142.